The standard InChI is InChI=1S/C15H14ClN5O2S/c1-9-19-20-15(24-9)17-12(22)3-2-4-13-18-14(21-23-13)10-5-7-11(16)8-6-10/h5-8H,2-4H2,1H3,(H,17,20,22). The van der Waals surface area contributed by atoms with Crippen LogP contribution in [0.25, 0.3) is 11.4 Å². The fourth-order valence-corrected chi connectivity index (χ4v) is 2.74. The van der Waals surface area contributed by atoms with Gasteiger partial charge in [-0.05, 0) is 37.6 Å². The summed E-state index contributed by atoms with van der Waals surface area (Å²) in [5, 5.41) is 16.3. The highest BCUT2D eigenvalue weighted by atomic mass is 35.5. The molecule has 24 heavy (non-hydrogen) atoms. The molecule has 1 N–H and O–H groups in total. The van der Waals surface area contributed by atoms with Crippen LogP contribution in [0.15, 0.2) is 28.8 Å². The van der Waals surface area contributed by atoms with Crippen molar-refractivity contribution in [2.24, 2.45) is 0 Å². The molecule has 0 atom stereocenters. The van der Waals surface area contributed by atoms with Crippen LogP contribution >= 0.6 is 22.9 Å². The molecule has 0 aliphatic rings. The van der Waals surface area contributed by atoms with Crippen LogP contribution in [0.5, 0.6) is 0 Å². The fourth-order valence-electron chi connectivity index (χ4n) is 2.00. The number of carbonyl (C=O) groups is 1. The summed E-state index contributed by atoms with van der Waals surface area (Å²) in [6.07, 6.45) is 1.48. The van der Waals surface area contributed by atoms with Crippen molar-refractivity contribution in [1.82, 2.24) is 20.3 Å². The minimum atomic E-state index is -0.108. The minimum Gasteiger partial charge on any atom is -0.339 e. The van der Waals surface area contributed by atoms with Crippen molar-refractivity contribution in [3.8, 4) is 11.4 Å². The van der Waals surface area contributed by atoms with E-state index in [0.717, 1.165) is 10.6 Å². The third-order valence-electron chi connectivity index (χ3n) is 3.14. The van der Waals surface area contributed by atoms with Crippen LogP contribution < -0.4 is 5.32 Å². The summed E-state index contributed by atoms with van der Waals surface area (Å²) < 4.78 is 5.21. The molecule has 0 radical (unpaired) electrons. The smallest absolute Gasteiger partial charge is 0.226 e. The van der Waals surface area contributed by atoms with Gasteiger partial charge in [0.2, 0.25) is 22.8 Å². The number of nitrogens with zero attached hydrogens (tertiary/aromatic N) is 4. The van der Waals surface area contributed by atoms with Gasteiger partial charge >= 0.3 is 0 Å². The number of carbonyl (C=O) groups excluding carboxylic acids is 1. The molecule has 0 bridgehead atoms. The molecule has 7 nitrogen and oxygen atoms in total. The van der Waals surface area contributed by atoms with E-state index in [1.165, 1.54) is 11.3 Å². The van der Waals surface area contributed by atoms with Gasteiger partial charge in [-0.15, -0.1) is 10.2 Å². The first-order valence-corrected chi connectivity index (χ1v) is 8.48. The molecule has 0 unspecified atom stereocenters. The van der Waals surface area contributed by atoms with Crippen LogP contribution in [0.1, 0.15) is 23.7 Å². The lowest BCUT2D eigenvalue weighted by atomic mass is 10.2. The van der Waals surface area contributed by atoms with E-state index >= 15 is 0 Å². The van der Waals surface area contributed by atoms with Crippen LogP contribution in [0.4, 0.5) is 5.13 Å². The third kappa shape index (κ3) is 4.36. The lowest BCUT2D eigenvalue weighted by Crippen LogP contribution is -2.11. The van der Waals surface area contributed by atoms with Gasteiger partial charge in [-0.3, -0.25) is 4.79 Å². The van der Waals surface area contributed by atoms with Gasteiger partial charge in [0.1, 0.15) is 5.01 Å². The molecule has 0 aliphatic heterocycles. The van der Waals surface area contributed by atoms with E-state index < -0.39 is 0 Å². The van der Waals surface area contributed by atoms with E-state index in [-0.39, 0.29) is 5.91 Å². The summed E-state index contributed by atoms with van der Waals surface area (Å²) in [5.74, 6) is 0.901. The summed E-state index contributed by atoms with van der Waals surface area (Å²) in [5.41, 5.74) is 0.832. The molecule has 124 valence electrons. The van der Waals surface area contributed by atoms with Gasteiger partial charge in [-0.2, -0.15) is 4.98 Å². The lowest BCUT2D eigenvalue weighted by molar-refractivity contribution is -0.116. The Kier molecular flexibility index (Phi) is 5.17. The van der Waals surface area contributed by atoms with Crippen LogP contribution in [0.2, 0.25) is 5.02 Å². The van der Waals surface area contributed by atoms with Gasteiger partial charge in [-0.25, -0.2) is 0 Å². The number of hydrogen-bond donors (Lipinski definition) is 1. The van der Waals surface area contributed by atoms with Gasteiger partial charge in [-0.1, -0.05) is 28.1 Å². The Bertz CT molecular complexity index is 831. The number of nitrogens with one attached hydrogen (secondary N) is 1. The molecule has 2 aromatic heterocycles. The van der Waals surface area contributed by atoms with Crippen molar-refractivity contribution in [3.05, 3.63) is 40.2 Å². The van der Waals surface area contributed by atoms with Crippen molar-refractivity contribution < 1.29 is 9.32 Å². The minimum absolute atomic E-state index is 0.108. The summed E-state index contributed by atoms with van der Waals surface area (Å²) in [7, 11) is 0. The molecular formula is C15H14ClN5O2S. The van der Waals surface area contributed by atoms with Gasteiger partial charge in [0, 0.05) is 23.4 Å². The molecule has 2 heterocycles. The normalized spacial score (nSPS) is 10.8. The SMILES string of the molecule is Cc1nnc(NC(=O)CCCc2nc(-c3ccc(Cl)cc3)no2)s1. The van der Waals surface area contributed by atoms with Crippen molar-refractivity contribution in [2.45, 2.75) is 26.2 Å². The second-order valence-corrected chi connectivity index (χ2v) is 6.66. The number of benzene rings is 1. The van der Waals surface area contributed by atoms with Gasteiger partial charge in [0.15, 0.2) is 0 Å². The Morgan fingerprint density at radius 1 is 1.29 bits per heavy atom. The number of halogens is 1. The molecule has 0 saturated carbocycles. The van der Waals surface area contributed by atoms with Gasteiger partial charge < -0.3 is 9.84 Å². The molecule has 1 aromatic carbocycles. The first-order valence-electron chi connectivity index (χ1n) is 7.28. The maximum absolute atomic E-state index is 11.8. The third-order valence-corrected chi connectivity index (χ3v) is 4.14. The molecule has 9 heteroatoms. The Labute approximate surface area is 147 Å². The highest BCUT2D eigenvalue weighted by Crippen LogP contribution is 2.19. The van der Waals surface area contributed by atoms with Gasteiger partial charge in [0.05, 0.1) is 0 Å². The summed E-state index contributed by atoms with van der Waals surface area (Å²) in [6.45, 7) is 1.83. The maximum Gasteiger partial charge on any atom is 0.226 e. The van der Waals surface area contributed by atoms with Gasteiger partial charge in [0.25, 0.3) is 0 Å². The summed E-state index contributed by atoms with van der Waals surface area (Å²) in [6, 6.07) is 7.20. The quantitative estimate of drug-likeness (QED) is 0.720. The molecule has 3 aromatic rings. The van der Waals surface area contributed by atoms with E-state index in [4.69, 9.17) is 16.1 Å². The van der Waals surface area contributed by atoms with Crippen LogP contribution in [0, 0.1) is 6.92 Å². The molecule has 1 amide bonds. The van der Waals surface area contributed by atoms with E-state index in [1.54, 1.807) is 12.1 Å². The number of amides is 1. The largest absolute Gasteiger partial charge is 0.339 e. The van der Waals surface area contributed by atoms with Crippen LogP contribution in [-0.2, 0) is 11.2 Å². The Morgan fingerprint density at radius 3 is 2.79 bits per heavy atom. The first-order chi connectivity index (χ1) is 11.6. The van der Waals surface area contributed by atoms with Crippen molar-refractivity contribution >= 4 is 34.0 Å². The number of hydrogen-bond acceptors (Lipinski definition) is 7. The molecule has 3 rings (SSSR count). The molecule has 0 spiro atoms. The highest BCUT2D eigenvalue weighted by molar-refractivity contribution is 7.15. The lowest BCUT2D eigenvalue weighted by Gasteiger charge is -1.99. The number of aromatic nitrogens is 4. The van der Waals surface area contributed by atoms with Crippen LogP contribution in [0.3, 0.4) is 0 Å². The zero-order valence-corrected chi connectivity index (χ0v) is 14.4. The fraction of sp³-hybridized carbons (Fsp3) is 0.267. The summed E-state index contributed by atoms with van der Waals surface area (Å²) in [4.78, 5) is 16.1. The predicted octanol–water partition coefficient (Wildman–Crippen LogP) is 3.51. The first kappa shape index (κ1) is 16.5. The maximum atomic E-state index is 11.8. The average Bonchev–Trinajstić information content (AvgIpc) is 3.17. The zero-order valence-electron chi connectivity index (χ0n) is 12.8. The molecular weight excluding hydrogens is 350 g/mol. The zero-order chi connectivity index (χ0) is 16.9. The monoisotopic (exact) mass is 363 g/mol. The van der Waals surface area contributed by atoms with E-state index in [9.17, 15) is 4.79 Å². The van der Waals surface area contributed by atoms with E-state index in [1.807, 2.05) is 19.1 Å². The second kappa shape index (κ2) is 7.50. The average molecular weight is 364 g/mol. The number of aryl methyl sites for hydroxylation is 2. The van der Waals surface area contributed by atoms with Crippen molar-refractivity contribution in [1.29, 1.82) is 0 Å². The Hall–Kier alpha value is -2.32. The predicted molar refractivity (Wildman–Crippen MR) is 91.0 cm³/mol. The molecule has 0 fully saturated rings. The van der Waals surface area contributed by atoms with E-state index in [0.29, 0.717) is 41.1 Å². The topological polar surface area (TPSA) is 93.8 Å². The number of anilines is 1. The van der Waals surface area contributed by atoms with Crippen molar-refractivity contribution in [3.63, 3.8) is 0 Å². The Balaban J connectivity index is 1.48. The second-order valence-electron chi connectivity index (χ2n) is 5.05. The molecule has 0 aliphatic carbocycles. The molecule has 0 saturated heterocycles. The Morgan fingerprint density at radius 2 is 2.08 bits per heavy atom. The number of rotatable bonds is 6. The van der Waals surface area contributed by atoms with Crippen LogP contribution in [-0.4, -0.2) is 26.2 Å². The van der Waals surface area contributed by atoms with E-state index in [2.05, 4.69) is 25.7 Å². The highest BCUT2D eigenvalue weighted by Gasteiger charge is 2.10. The summed E-state index contributed by atoms with van der Waals surface area (Å²) >= 11 is 7.20. The van der Waals surface area contributed by atoms with Crippen molar-refractivity contribution in [2.75, 3.05) is 5.32 Å².